The predicted octanol–water partition coefficient (Wildman–Crippen LogP) is 3.27. The van der Waals surface area contributed by atoms with E-state index in [0.29, 0.717) is 11.1 Å². The van der Waals surface area contributed by atoms with Crippen molar-refractivity contribution in [1.82, 2.24) is 10.3 Å². The third-order valence-electron chi connectivity index (χ3n) is 4.80. The summed E-state index contributed by atoms with van der Waals surface area (Å²) in [5.74, 6) is 4.88. The molecular formula is C20H16F3N3O2. The molecule has 0 radical (unpaired) electrons. The number of halogens is 3. The number of hydrogen-bond donors (Lipinski definition) is 3. The summed E-state index contributed by atoms with van der Waals surface area (Å²) in [6, 6.07) is 6.62. The molecule has 0 spiro atoms. The first-order valence-electron chi connectivity index (χ1n) is 8.77. The maximum atomic E-state index is 14.0. The van der Waals surface area contributed by atoms with E-state index in [-0.39, 0.29) is 29.1 Å². The Hall–Kier alpha value is -3.21. The lowest BCUT2D eigenvalue weighted by Gasteiger charge is -2.37. The first-order valence-corrected chi connectivity index (χ1v) is 8.77. The molecule has 8 heteroatoms. The van der Waals surface area contributed by atoms with Gasteiger partial charge >= 0.3 is 12.2 Å². The number of amides is 2. The zero-order valence-electron chi connectivity index (χ0n) is 14.6. The smallest absolute Gasteiger partial charge is 0.329 e. The number of carbonyl (C=O) groups excluding carboxylic acids is 1. The van der Waals surface area contributed by atoms with Crippen LogP contribution in [0.25, 0.3) is 0 Å². The summed E-state index contributed by atoms with van der Waals surface area (Å²) < 4.78 is 42.1. The molecule has 0 unspecified atom stereocenters. The third-order valence-corrected chi connectivity index (χ3v) is 4.80. The van der Waals surface area contributed by atoms with E-state index in [1.165, 1.54) is 24.4 Å². The van der Waals surface area contributed by atoms with Gasteiger partial charge in [0.05, 0.1) is 0 Å². The molecule has 0 saturated heterocycles. The first kappa shape index (κ1) is 18.2. The van der Waals surface area contributed by atoms with Crippen LogP contribution < -0.4 is 16.2 Å². The van der Waals surface area contributed by atoms with Crippen molar-refractivity contribution in [2.75, 3.05) is 5.32 Å². The second kappa shape index (κ2) is 6.44. The van der Waals surface area contributed by atoms with Crippen molar-refractivity contribution in [3.05, 3.63) is 63.6 Å². The number of aromatic amines is 1. The maximum Gasteiger partial charge on any atom is 0.427 e. The highest BCUT2D eigenvalue weighted by atomic mass is 19.4. The van der Waals surface area contributed by atoms with E-state index < -0.39 is 17.7 Å². The van der Waals surface area contributed by atoms with Crippen LogP contribution in [0.5, 0.6) is 0 Å². The van der Waals surface area contributed by atoms with Crippen LogP contribution in [-0.4, -0.2) is 17.2 Å². The number of fused-ring (bicyclic) bond motifs is 1. The number of H-pyrrole nitrogens is 1. The standard InChI is InChI=1S/C20H16F3N3O2/c21-20(22,23)19(8-7-12-3-4-12)15-6-5-13(11-16(15)25-18(28)26-19)10-14-2-1-9-24-17(14)27/h1-2,5-6,9,11-12H,3-4,10H2,(H,24,27)(H2,25,26,28)/t19-/m0/s1. The van der Waals surface area contributed by atoms with Crippen molar-refractivity contribution in [2.24, 2.45) is 5.92 Å². The van der Waals surface area contributed by atoms with Gasteiger partial charge in [-0.3, -0.25) is 4.79 Å². The van der Waals surface area contributed by atoms with Crippen LogP contribution in [0.3, 0.4) is 0 Å². The number of benzene rings is 1. The Morgan fingerprint density at radius 3 is 2.64 bits per heavy atom. The molecule has 5 nitrogen and oxygen atoms in total. The summed E-state index contributed by atoms with van der Waals surface area (Å²) in [4.78, 5) is 26.4. The van der Waals surface area contributed by atoms with Crippen molar-refractivity contribution < 1.29 is 18.0 Å². The van der Waals surface area contributed by atoms with E-state index in [0.717, 1.165) is 12.8 Å². The van der Waals surface area contributed by atoms with E-state index in [1.807, 2.05) is 5.32 Å². The second-order valence-corrected chi connectivity index (χ2v) is 6.95. The highest BCUT2D eigenvalue weighted by Gasteiger charge is 2.59. The lowest BCUT2D eigenvalue weighted by Crippen LogP contribution is -2.59. The molecule has 1 aromatic carbocycles. The third kappa shape index (κ3) is 3.24. The van der Waals surface area contributed by atoms with Crippen molar-refractivity contribution in [1.29, 1.82) is 0 Å². The summed E-state index contributed by atoms with van der Waals surface area (Å²) in [6.45, 7) is 0. The van der Waals surface area contributed by atoms with Gasteiger partial charge < -0.3 is 15.6 Å². The Balaban J connectivity index is 1.78. The molecule has 3 N–H and O–H groups in total. The van der Waals surface area contributed by atoms with Crippen LogP contribution in [0, 0.1) is 17.8 Å². The lowest BCUT2D eigenvalue weighted by molar-refractivity contribution is -0.178. The molecule has 1 fully saturated rings. The fourth-order valence-electron chi connectivity index (χ4n) is 3.17. The molecule has 2 heterocycles. The van der Waals surface area contributed by atoms with E-state index in [1.54, 1.807) is 12.1 Å². The van der Waals surface area contributed by atoms with Crippen LogP contribution in [0.1, 0.15) is 29.5 Å². The van der Waals surface area contributed by atoms with Gasteiger partial charge in [-0.25, -0.2) is 4.79 Å². The molecule has 1 saturated carbocycles. The molecule has 2 aliphatic rings. The summed E-state index contributed by atoms with van der Waals surface area (Å²) in [6.07, 6.45) is -1.53. The van der Waals surface area contributed by atoms with Gasteiger partial charge in [-0.1, -0.05) is 30.0 Å². The van der Waals surface area contributed by atoms with Crippen molar-refractivity contribution in [3.8, 4) is 11.8 Å². The lowest BCUT2D eigenvalue weighted by atomic mass is 9.85. The normalized spacial score (nSPS) is 21.0. The van der Waals surface area contributed by atoms with Gasteiger partial charge in [0.2, 0.25) is 5.54 Å². The molecule has 1 aliphatic carbocycles. The van der Waals surface area contributed by atoms with E-state index >= 15 is 0 Å². The van der Waals surface area contributed by atoms with Crippen LogP contribution in [0.15, 0.2) is 41.3 Å². The van der Waals surface area contributed by atoms with Gasteiger partial charge in [-0.05, 0) is 30.5 Å². The number of alkyl halides is 3. The van der Waals surface area contributed by atoms with Gasteiger partial charge in [-0.2, -0.15) is 13.2 Å². The SMILES string of the molecule is O=C1Nc2cc(Cc3ccc[nH]c3=O)ccc2[C@@](C#CC2CC2)(C(F)(F)F)N1. The molecular weight excluding hydrogens is 371 g/mol. The molecule has 1 aliphatic heterocycles. The molecule has 144 valence electrons. The molecule has 1 atom stereocenters. The highest BCUT2D eigenvalue weighted by molar-refractivity contribution is 5.95. The summed E-state index contributed by atoms with van der Waals surface area (Å²) in [5, 5.41) is 4.41. The zero-order chi connectivity index (χ0) is 19.9. The maximum absolute atomic E-state index is 14.0. The van der Waals surface area contributed by atoms with E-state index in [9.17, 15) is 22.8 Å². The van der Waals surface area contributed by atoms with Crippen LogP contribution in [0.4, 0.5) is 23.7 Å². The van der Waals surface area contributed by atoms with Crippen molar-refractivity contribution >= 4 is 11.7 Å². The molecule has 28 heavy (non-hydrogen) atoms. The number of pyridine rings is 1. The number of anilines is 1. The molecule has 0 bridgehead atoms. The number of carbonyl (C=O) groups is 1. The monoisotopic (exact) mass is 387 g/mol. The van der Waals surface area contributed by atoms with Crippen LogP contribution in [-0.2, 0) is 12.0 Å². The molecule has 2 amide bonds. The predicted molar refractivity (Wildman–Crippen MR) is 96.7 cm³/mol. The van der Waals surface area contributed by atoms with Crippen molar-refractivity contribution in [2.45, 2.75) is 31.0 Å². The summed E-state index contributed by atoms with van der Waals surface area (Å²) in [7, 11) is 0. The second-order valence-electron chi connectivity index (χ2n) is 6.95. The van der Waals surface area contributed by atoms with Gasteiger partial charge in [0.15, 0.2) is 0 Å². The quantitative estimate of drug-likeness (QED) is 0.692. The highest BCUT2D eigenvalue weighted by Crippen LogP contribution is 2.44. The van der Waals surface area contributed by atoms with Crippen LogP contribution >= 0.6 is 0 Å². The Labute approximate surface area is 158 Å². The average Bonchev–Trinajstić information content (AvgIpc) is 3.44. The Kier molecular flexibility index (Phi) is 4.18. The van der Waals surface area contributed by atoms with Gasteiger partial charge in [0.25, 0.3) is 5.56 Å². The largest absolute Gasteiger partial charge is 0.427 e. The number of hydrogen-bond acceptors (Lipinski definition) is 2. The summed E-state index contributed by atoms with van der Waals surface area (Å²) in [5.41, 5.74) is -2.07. The first-order chi connectivity index (χ1) is 13.3. The minimum Gasteiger partial charge on any atom is -0.329 e. The average molecular weight is 387 g/mol. The van der Waals surface area contributed by atoms with Gasteiger partial charge in [0, 0.05) is 35.3 Å². The number of urea groups is 1. The zero-order valence-corrected chi connectivity index (χ0v) is 14.6. The fraction of sp³-hybridized carbons (Fsp3) is 0.300. The van der Waals surface area contributed by atoms with Crippen LogP contribution in [0.2, 0.25) is 0 Å². The van der Waals surface area contributed by atoms with Crippen molar-refractivity contribution in [3.63, 3.8) is 0 Å². The molecule has 1 aromatic heterocycles. The summed E-state index contributed by atoms with van der Waals surface area (Å²) >= 11 is 0. The molecule has 4 rings (SSSR count). The minimum atomic E-state index is -4.79. The minimum absolute atomic E-state index is 0.0380. The number of nitrogens with one attached hydrogen (secondary N) is 3. The Morgan fingerprint density at radius 1 is 1.18 bits per heavy atom. The Bertz CT molecular complexity index is 1060. The van der Waals surface area contributed by atoms with E-state index in [2.05, 4.69) is 22.1 Å². The topological polar surface area (TPSA) is 74.0 Å². The Morgan fingerprint density at radius 2 is 1.96 bits per heavy atom. The number of aromatic nitrogens is 1. The fourth-order valence-corrected chi connectivity index (χ4v) is 3.17. The van der Waals surface area contributed by atoms with E-state index in [4.69, 9.17) is 0 Å². The molecule has 2 aromatic rings. The van der Waals surface area contributed by atoms with Gasteiger partial charge in [-0.15, -0.1) is 0 Å². The van der Waals surface area contributed by atoms with Gasteiger partial charge in [0.1, 0.15) is 0 Å². The number of rotatable bonds is 2.